The fourth-order valence-electron chi connectivity index (χ4n) is 2.18. The first kappa shape index (κ1) is 10.0. The Hall–Kier alpha value is -0.0800. The van der Waals surface area contributed by atoms with Crippen LogP contribution in [0.4, 0.5) is 0 Å². The van der Waals surface area contributed by atoms with Crippen LogP contribution in [-0.2, 0) is 0 Å². The molecule has 0 saturated carbocycles. The first-order valence-electron chi connectivity index (χ1n) is 5.25. The molecule has 0 amide bonds. The second kappa shape index (κ2) is 4.83. The van der Waals surface area contributed by atoms with Gasteiger partial charge in [0, 0.05) is 18.6 Å². The molecule has 72 valence electrons. The molecule has 2 unspecified atom stereocenters. The second-order valence-electron chi connectivity index (χ2n) is 3.88. The van der Waals surface area contributed by atoms with Crippen LogP contribution >= 0.6 is 0 Å². The molecular weight excluding hydrogens is 148 g/mol. The number of hydrogen-bond acceptors (Lipinski definition) is 2. The van der Waals surface area contributed by atoms with Gasteiger partial charge >= 0.3 is 0 Å². The molecule has 2 nitrogen and oxygen atoms in total. The lowest BCUT2D eigenvalue weighted by atomic mass is 9.98. The molecule has 1 heterocycles. The predicted octanol–water partition coefficient (Wildman–Crippen LogP) is 1.60. The van der Waals surface area contributed by atoms with E-state index in [1.54, 1.807) is 0 Å². The van der Waals surface area contributed by atoms with Crippen molar-refractivity contribution in [1.29, 1.82) is 0 Å². The first-order valence-corrected chi connectivity index (χ1v) is 5.25. The Morgan fingerprint density at radius 3 is 2.83 bits per heavy atom. The Labute approximate surface area is 76.1 Å². The molecule has 0 radical (unpaired) electrons. The number of nitrogens with two attached hydrogens (primary N) is 1. The van der Waals surface area contributed by atoms with Gasteiger partial charge in [-0.3, -0.25) is 4.90 Å². The van der Waals surface area contributed by atoms with E-state index in [0.717, 1.165) is 12.6 Å². The van der Waals surface area contributed by atoms with Crippen LogP contribution in [0.3, 0.4) is 0 Å². The highest BCUT2D eigenvalue weighted by Crippen LogP contribution is 2.21. The summed E-state index contributed by atoms with van der Waals surface area (Å²) in [6, 6.07) is 1.38. The molecule has 1 fully saturated rings. The van der Waals surface area contributed by atoms with Crippen molar-refractivity contribution in [1.82, 2.24) is 4.90 Å². The molecule has 1 aliphatic heterocycles. The smallest absolute Gasteiger partial charge is 0.0193 e. The zero-order valence-corrected chi connectivity index (χ0v) is 8.42. The maximum absolute atomic E-state index is 5.68. The van der Waals surface area contributed by atoms with Crippen molar-refractivity contribution in [2.24, 2.45) is 5.73 Å². The van der Waals surface area contributed by atoms with E-state index in [0.29, 0.717) is 6.04 Å². The minimum Gasteiger partial charge on any atom is -0.329 e. The van der Waals surface area contributed by atoms with Gasteiger partial charge in [0.25, 0.3) is 0 Å². The number of hydrogen-bond donors (Lipinski definition) is 1. The Bertz CT molecular complexity index is 125. The average molecular weight is 170 g/mol. The van der Waals surface area contributed by atoms with Crippen LogP contribution in [0, 0.1) is 0 Å². The lowest BCUT2D eigenvalue weighted by Gasteiger charge is -2.39. The van der Waals surface area contributed by atoms with E-state index < -0.39 is 0 Å². The van der Waals surface area contributed by atoms with Crippen LogP contribution in [0.1, 0.15) is 39.5 Å². The molecule has 1 aliphatic rings. The summed E-state index contributed by atoms with van der Waals surface area (Å²) in [7, 11) is 0. The van der Waals surface area contributed by atoms with Crippen LogP contribution in [0.2, 0.25) is 0 Å². The van der Waals surface area contributed by atoms with Crippen molar-refractivity contribution in [2.45, 2.75) is 51.6 Å². The van der Waals surface area contributed by atoms with E-state index in [1.165, 1.54) is 32.2 Å². The molecule has 0 spiro atoms. The monoisotopic (exact) mass is 170 g/mol. The molecule has 0 aromatic carbocycles. The molecule has 2 N–H and O–H groups in total. The van der Waals surface area contributed by atoms with E-state index in [1.807, 2.05) is 0 Å². The SMILES string of the molecule is CCC1CCCCN1C(C)CN. The summed E-state index contributed by atoms with van der Waals surface area (Å²) in [5.41, 5.74) is 5.68. The zero-order valence-electron chi connectivity index (χ0n) is 8.42. The average Bonchev–Trinajstić information content (AvgIpc) is 2.16. The number of nitrogens with zero attached hydrogens (tertiary/aromatic N) is 1. The van der Waals surface area contributed by atoms with Crippen LogP contribution < -0.4 is 5.73 Å². The highest BCUT2D eigenvalue weighted by Gasteiger charge is 2.23. The van der Waals surface area contributed by atoms with Crippen LogP contribution in [0.25, 0.3) is 0 Å². The highest BCUT2D eigenvalue weighted by molar-refractivity contribution is 4.80. The van der Waals surface area contributed by atoms with Crippen molar-refractivity contribution in [3.63, 3.8) is 0 Å². The first-order chi connectivity index (χ1) is 5.79. The number of rotatable bonds is 3. The molecule has 0 aromatic rings. The molecule has 1 saturated heterocycles. The van der Waals surface area contributed by atoms with Gasteiger partial charge < -0.3 is 5.73 Å². The maximum atomic E-state index is 5.68. The second-order valence-corrected chi connectivity index (χ2v) is 3.88. The lowest BCUT2D eigenvalue weighted by molar-refractivity contribution is 0.104. The predicted molar refractivity (Wildman–Crippen MR) is 53.2 cm³/mol. The molecule has 0 bridgehead atoms. The van der Waals surface area contributed by atoms with Gasteiger partial charge in [-0.05, 0) is 32.7 Å². The Balaban J connectivity index is 2.46. The largest absolute Gasteiger partial charge is 0.329 e. The standard InChI is InChI=1S/C10H22N2/c1-3-10-6-4-5-7-12(10)9(2)8-11/h9-10H,3-8,11H2,1-2H3. The van der Waals surface area contributed by atoms with E-state index in [2.05, 4.69) is 18.7 Å². The summed E-state index contributed by atoms with van der Waals surface area (Å²) < 4.78 is 0. The van der Waals surface area contributed by atoms with E-state index in [9.17, 15) is 0 Å². The summed E-state index contributed by atoms with van der Waals surface area (Å²) in [6.45, 7) is 6.59. The minimum atomic E-state index is 0.579. The van der Waals surface area contributed by atoms with Gasteiger partial charge in [0.05, 0.1) is 0 Å². The van der Waals surface area contributed by atoms with Gasteiger partial charge in [0.15, 0.2) is 0 Å². The Morgan fingerprint density at radius 2 is 2.25 bits per heavy atom. The topological polar surface area (TPSA) is 29.3 Å². The third-order valence-electron chi connectivity index (χ3n) is 3.05. The van der Waals surface area contributed by atoms with E-state index >= 15 is 0 Å². The fourth-order valence-corrected chi connectivity index (χ4v) is 2.18. The van der Waals surface area contributed by atoms with Gasteiger partial charge in [-0.1, -0.05) is 13.3 Å². The lowest BCUT2D eigenvalue weighted by Crippen LogP contribution is -2.47. The van der Waals surface area contributed by atoms with Crippen LogP contribution in [0.15, 0.2) is 0 Å². The van der Waals surface area contributed by atoms with Crippen molar-refractivity contribution >= 4 is 0 Å². The summed E-state index contributed by atoms with van der Waals surface area (Å²) in [6.07, 6.45) is 5.43. The van der Waals surface area contributed by atoms with E-state index in [4.69, 9.17) is 5.73 Å². The molecule has 0 aromatic heterocycles. The minimum absolute atomic E-state index is 0.579. The van der Waals surface area contributed by atoms with Gasteiger partial charge in [-0.25, -0.2) is 0 Å². The third-order valence-corrected chi connectivity index (χ3v) is 3.05. The number of piperidine rings is 1. The highest BCUT2D eigenvalue weighted by atomic mass is 15.2. The normalized spacial score (nSPS) is 28.8. The van der Waals surface area contributed by atoms with Crippen LogP contribution in [0.5, 0.6) is 0 Å². The molecule has 0 aliphatic carbocycles. The molecule has 2 atom stereocenters. The van der Waals surface area contributed by atoms with Gasteiger partial charge in [0.2, 0.25) is 0 Å². The van der Waals surface area contributed by atoms with Crippen molar-refractivity contribution < 1.29 is 0 Å². The molecule has 1 rings (SSSR count). The summed E-state index contributed by atoms with van der Waals surface area (Å²) in [5, 5.41) is 0. The van der Waals surface area contributed by atoms with Gasteiger partial charge in [0.1, 0.15) is 0 Å². The molecule has 12 heavy (non-hydrogen) atoms. The summed E-state index contributed by atoms with van der Waals surface area (Å²) >= 11 is 0. The van der Waals surface area contributed by atoms with Crippen molar-refractivity contribution in [3.05, 3.63) is 0 Å². The van der Waals surface area contributed by atoms with Crippen molar-refractivity contribution in [2.75, 3.05) is 13.1 Å². The van der Waals surface area contributed by atoms with Crippen molar-refractivity contribution in [3.8, 4) is 0 Å². The molecular formula is C10H22N2. The van der Waals surface area contributed by atoms with Gasteiger partial charge in [-0.15, -0.1) is 0 Å². The van der Waals surface area contributed by atoms with Crippen LogP contribution in [-0.4, -0.2) is 30.1 Å². The summed E-state index contributed by atoms with van der Waals surface area (Å²) in [5.74, 6) is 0. The Kier molecular flexibility index (Phi) is 4.02. The number of likely N-dealkylation sites (tertiary alicyclic amines) is 1. The maximum Gasteiger partial charge on any atom is 0.0193 e. The molecule has 2 heteroatoms. The zero-order chi connectivity index (χ0) is 8.97. The fraction of sp³-hybridized carbons (Fsp3) is 1.00. The Morgan fingerprint density at radius 1 is 1.50 bits per heavy atom. The quantitative estimate of drug-likeness (QED) is 0.697. The van der Waals surface area contributed by atoms with E-state index in [-0.39, 0.29) is 0 Å². The third kappa shape index (κ3) is 2.20. The van der Waals surface area contributed by atoms with Gasteiger partial charge in [-0.2, -0.15) is 0 Å². The summed E-state index contributed by atoms with van der Waals surface area (Å²) in [4.78, 5) is 2.59.